The highest BCUT2D eigenvalue weighted by molar-refractivity contribution is 7.99. The van der Waals surface area contributed by atoms with Crippen molar-refractivity contribution in [2.45, 2.75) is 31.6 Å². The summed E-state index contributed by atoms with van der Waals surface area (Å²) in [5.74, 6) is 1.62. The number of nitrogens with zero attached hydrogens (tertiary/aromatic N) is 2. The molecule has 0 atom stereocenters. The molecule has 2 aromatic rings. The molecule has 4 nitrogen and oxygen atoms in total. The van der Waals surface area contributed by atoms with Crippen molar-refractivity contribution in [1.82, 2.24) is 15.6 Å². The smallest absolute Gasteiger partial charge is 0.191 e. The molecule has 0 aliphatic heterocycles. The number of aromatic nitrogens is 1. The van der Waals surface area contributed by atoms with Crippen LogP contribution < -0.4 is 10.6 Å². The van der Waals surface area contributed by atoms with Crippen LogP contribution >= 0.6 is 23.1 Å². The number of aryl methyl sites for hydroxylation is 1. The van der Waals surface area contributed by atoms with E-state index in [0.717, 1.165) is 59.8 Å². The summed E-state index contributed by atoms with van der Waals surface area (Å²) < 4.78 is 12.9. The zero-order valence-electron chi connectivity index (χ0n) is 14.7. The van der Waals surface area contributed by atoms with E-state index in [-0.39, 0.29) is 5.82 Å². The molecule has 0 aliphatic carbocycles. The minimum absolute atomic E-state index is 0.192. The number of nitrogens with one attached hydrogen (secondary N) is 2. The highest BCUT2D eigenvalue weighted by Crippen LogP contribution is 2.18. The fourth-order valence-electron chi connectivity index (χ4n) is 2.15. The van der Waals surface area contributed by atoms with Crippen LogP contribution in [0.15, 0.2) is 39.5 Å². The normalized spacial score (nSPS) is 11.6. The summed E-state index contributed by atoms with van der Waals surface area (Å²) in [5.41, 5.74) is 1.13. The highest BCUT2D eigenvalue weighted by atomic mass is 32.2. The van der Waals surface area contributed by atoms with E-state index in [1.54, 1.807) is 23.1 Å². The first-order chi connectivity index (χ1) is 12.2. The molecule has 0 radical (unpaired) electrons. The van der Waals surface area contributed by atoms with Crippen molar-refractivity contribution >= 4 is 29.1 Å². The van der Waals surface area contributed by atoms with Crippen LogP contribution in [0.1, 0.15) is 24.0 Å². The van der Waals surface area contributed by atoms with Gasteiger partial charge in [0.2, 0.25) is 0 Å². The topological polar surface area (TPSA) is 49.3 Å². The minimum atomic E-state index is -0.192. The molecule has 1 aromatic carbocycles. The van der Waals surface area contributed by atoms with Crippen molar-refractivity contribution in [2.24, 2.45) is 4.99 Å². The molecule has 136 valence electrons. The van der Waals surface area contributed by atoms with Gasteiger partial charge in [-0.05, 0) is 50.3 Å². The van der Waals surface area contributed by atoms with Crippen molar-refractivity contribution in [3.8, 4) is 0 Å². The average molecular weight is 381 g/mol. The molecule has 2 rings (SSSR count). The van der Waals surface area contributed by atoms with Gasteiger partial charge in [0.15, 0.2) is 5.96 Å². The summed E-state index contributed by atoms with van der Waals surface area (Å²) in [7, 11) is 0. The fourth-order valence-corrected chi connectivity index (χ4v) is 3.63. The molecule has 1 aromatic heterocycles. The molecule has 7 heteroatoms. The molecule has 0 amide bonds. The minimum Gasteiger partial charge on any atom is -0.357 e. The van der Waals surface area contributed by atoms with E-state index in [2.05, 4.69) is 32.9 Å². The molecule has 0 unspecified atom stereocenters. The largest absolute Gasteiger partial charge is 0.357 e. The summed E-state index contributed by atoms with van der Waals surface area (Å²) in [4.78, 5) is 10.2. The zero-order chi connectivity index (χ0) is 17.9. The van der Waals surface area contributed by atoms with Crippen LogP contribution in [-0.2, 0) is 6.42 Å². The molecule has 1 heterocycles. The van der Waals surface area contributed by atoms with Gasteiger partial charge in [-0.25, -0.2) is 9.37 Å². The van der Waals surface area contributed by atoms with Gasteiger partial charge in [-0.2, -0.15) is 0 Å². The number of hydrogen-bond acceptors (Lipinski definition) is 4. The van der Waals surface area contributed by atoms with E-state index in [4.69, 9.17) is 0 Å². The molecular weight excluding hydrogens is 355 g/mol. The molecule has 0 saturated heterocycles. The fraction of sp³-hybridized carbons (Fsp3) is 0.444. The third-order valence-corrected chi connectivity index (χ3v) is 5.26. The molecule has 2 N–H and O–H groups in total. The van der Waals surface area contributed by atoms with Gasteiger partial charge in [0.05, 0.1) is 10.7 Å². The van der Waals surface area contributed by atoms with Crippen LogP contribution in [0.5, 0.6) is 0 Å². The first kappa shape index (κ1) is 19.7. The van der Waals surface area contributed by atoms with Gasteiger partial charge in [0.25, 0.3) is 0 Å². The highest BCUT2D eigenvalue weighted by Gasteiger charge is 2.01. The van der Waals surface area contributed by atoms with Gasteiger partial charge in [-0.1, -0.05) is 0 Å². The zero-order valence-corrected chi connectivity index (χ0v) is 16.4. The Labute approximate surface area is 157 Å². The predicted octanol–water partition coefficient (Wildman–Crippen LogP) is 3.87. The Morgan fingerprint density at radius 3 is 2.76 bits per heavy atom. The SMILES string of the molecule is CCNC(=NCCCSc1ccc(F)cc1)NCCc1csc(C)n1. The van der Waals surface area contributed by atoms with Crippen molar-refractivity contribution in [3.63, 3.8) is 0 Å². The van der Waals surface area contributed by atoms with Crippen LogP contribution in [0.2, 0.25) is 0 Å². The Morgan fingerprint density at radius 2 is 2.08 bits per heavy atom. The number of thiazole rings is 1. The lowest BCUT2D eigenvalue weighted by molar-refractivity contribution is 0.626. The second-order valence-electron chi connectivity index (χ2n) is 5.45. The van der Waals surface area contributed by atoms with Gasteiger partial charge < -0.3 is 10.6 Å². The first-order valence-electron chi connectivity index (χ1n) is 8.49. The summed E-state index contributed by atoms with van der Waals surface area (Å²) in [5, 5.41) is 9.82. The standard InChI is InChI=1S/C18H25FN4S2/c1-3-20-18(22-11-9-16-13-25-14(2)23-16)21-10-4-12-24-17-7-5-15(19)6-8-17/h5-8,13H,3-4,9-12H2,1-2H3,(H2,20,21,22). The Morgan fingerprint density at radius 1 is 1.28 bits per heavy atom. The van der Waals surface area contributed by atoms with Crippen LogP contribution in [0.25, 0.3) is 0 Å². The van der Waals surface area contributed by atoms with E-state index in [1.807, 2.05) is 19.1 Å². The van der Waals surface area contributed by atoms with Crippen molar-refractivity contribution in [1.29, 1.82) is 0 Å². The van der Waals surface area contributed by atoms with Gasteiger partial charge >= 0.3 is 0 Å². The lowest BCUT2D eigenvalue weighted by Gasteiger charge is -2.10. The Bertz CT molecular complexity index is 655. The van der Waals surface area contributed by atoms with E-state index in [0.29, 0.717) is 0 Å². The maximum absolute atomic E-state index is 12.9. The van der Waals surface area contributed by atoms with Gasteiger partial charge in [0, 0.05) is 36.3 Å². The summed E-state index contributed by atoms with van der Waals surface area (Å²) in [6.07, 6.45) is 1.87. The first-order valence-corrected chi connectivity index (χ1v) is 10.4. The second kappa shape index (κ2) is 11.1. The molecular formula is C18H25FN4S2. The number of benzene rings is 1. The van der Waals surface area contributed by atoms with Crippen molar-refractivity contribution < 1.29 is 4.39 Å². The Balaban J connectivity index is 1.66. The Kier molecular flexibility index (Phi) is 8.76. The molecule has 0 bridgehead atoms. The molecule has 0 saturated carbocycles. The van der Waals surface area contributed by atoms with E-state index in [9.17, 15) is 4.39 Å². The van der Waals surface area contributed by atoms with Crippen LogP contribution in [0, 0.1) is 12.7 Å². The van der Waals surface area contributed by atoms with Crippen molar-refractivity contribution in [2.75, 3.05) is 25.4 Å². The molecule has 25 heavy (non-hydrogen) atoms. The summed E-state index contributed by atoms with van der Waals surface area (Å²) in [6, 6.07) is 6.62. The van der Waals surface area contributed by atoms with Crippen LogP contribution in [0.3, 0.4) is 0 Å². The summed E-state index contributed by atoms with van der Waals surface area (Å²) in [6.45, 7) is 6.51. The molecule has 0 aliphatic rings. The Hall–Kier alpha value is -1.60. The predicted molar refractivity (Wildman–Crippen MR) is 106 cm³/mol. The quantitative estimate of drug-likeness (QED) is 0.300. The van der Waals surface area contributed by atoms with E-state index < -0.39 is 0 Å². The average Bonchev–Trinajstić information content (AvgIpc) is 3.01. The van der Waals surface area contributed by atoms with E-state index >= 15 is 0 Å². The van der Waals surface area contributed by atoms with E-state index in [1.165, 1.54) is 12.1 Å². The van der Waals surface area contributed by atoms with Gasteiger partial charge in [0.1, 0.15) is 5.82 Å². The number of hydrogen-bond donors (Lipinski definition) is 2. The summed E-state index contributed by atoms with van der Waals surface area (Å²) >= 11 is 3.41. The third kappa shape index (κ3) is 7.88. The van der Waals surface area contributed by atoms with Crippen LogP contribution in [0.4, 0.5) is 4.39 Å². The monoisotopic (exact) mass is 380 g/mol. The molecule has 0 spiro atoms. The number of rotatable bonds is 9. The second-order valence-corrected chi connectivity index (χ2v) is 7.68. The van der Waals surface area contributed by atoms with Crippen molar-refractivity contribution in [3.05, 3.63) is 46.2 Å². The maximum Gasteiger partial charge on any atom is 0.191 e. The number of guanidine groups is 1. The third-order valence-electron chi connectivity index (χ3n) is 3.34. The lowest BCUT2D eigenvalue weighted by atomic mass is 10.3. The number of aliphatic imine (C=N–C) groups is 1. The lowest BCUT2D eigenvalue weighted by Crippen LogP contribution is -2.38. The van der Waals surface area contributed by atoms with Gasteiger partial charge in [-0.15, -0.1) is 23.1 Å². The van der Waals surface area contributed by atoms with Gasteiger partial charge in [-0.3, -0.25) is 4.99 Å². The maximum atomic E-state index is 12.9. The number of halogens is 1. The number of thioether (sulfide) groups is 1. The van der Waals surface area contributed by atoms with Crippen LogP contribution in [-0.4, -0.2) is 36.3 Å². The molecule has 0 fully saturated rings.